The normalized spacial score (nSPS) is 19.9. The minimum Gasteiger partial charge on any atom is -0.319 e. The van der Waals surface area contributed by atoms with Gasteiger partial charge in [-0.25, -0.2) is 9.78 Å². The molecule has 2 aliphatic rings. The summed E-state index contributed by atoms with van der Waals surface area (Å²) in [7, 11) is 0. The van der Waals surface area contributed by atoms with Crippen molar-refractivity contribution in [2.75, 3.05) is 11.9 Å². The number of fused-ring (bicyclic) bond motifs is 2. The van der Waals surface area contributed by atoms with Crippen LogP contribution in [0.25, 0.3) is 11.3 Å². The zero-order valence-corrected chi connectivity index (χ0v) is 17.4. The molecule has 1 aromatic heterocycles. The van der Waals surface area contributed by atoms with Gasteiger partial charge in [0.15, 0.2) is 5.13 Å². The SMILES string of the molecule is O=C(CN1C(=O)NC2(CCCc3ccccc32)C1=O)Nc1nc(-c2ccccc2)cs1. The highest BCUT2D eigenvalue weighted by Crippen LogP contribution is 2.39. The molecule has 2 heterocycles. The number of hydrogen-bond donors (Lipinski definition) is 2. The molecule has 0 saturated carbocycles. The van der Waals surface area contributed by atoms with Gasteiger partial charge in [-0.2, -0.15) is 0 Å². The van der Waals surface area contributed by atoms with E-state index >= 15 is 0 Å². The van der Waals surface area contributed by atoms with Gasteiger partial charge in [-0.15, -0.1) is 11.3 Å². The molecule has 1 aliphatic heterocycles. The van der Waals surface area contributed by atoms with E-state index in [4.69, 9.17) is 0 Å². The number of nitrogens with zero attached hydrogens (tertiary/aromatic N) is 2. The highest BCUT2D eigenvalue weighted by atomic mass is 32.1. The van der Waals surface area contributed by atoms with Crippen LogP contribution >= 0.6 is 11.3 Å². The van der Waals surface area contributed by atoms with Crippen LogP contribution in [0.5, 0.6) is 0 Å². The number of benzene rings is 2. The fraction of sp³-hybridized carbons (Fsp3) is 0.217. The molecule has 156 valence electrons. The molecule has 1 saturated heterocycles. The topological polar surface area (TPSA) is 91.4 Å². The van der Waals surface area contributed by atoms with Crippen LogP contribution in [-0.4, -0.2) is 34.3 Å². The molecule has 31 heavy (non-hydrogen) atoms. The first kappa shape index (κ1) is 19.4. The van der Waals surface area contributed by atoms with Gasteiger partial charge in [0.2, 0.25) is 5.91 Å². The van der Waals surface area contributed by atoms with Crippen molar-refractivity contribution in [1.29, 1.82) is 0 Å². The number of amides is 4. The number of carbonyl (C=O) groups is 3. The maximum Gasteiger partial charge on any atom is 0.325 e. The van der Waals surface area contributed by atoms with E-state index in [1.54, 1.807) is 0 Å². The summed E-state index contributed by atoms with van der Waals surface area (Å²) in [6, 6.07) is 16.8. The van der Waals surface area contributed by atoms with Crippen LogP contribution in [0, 0.1) is 0 Å². The first-order valence-corrected chi connectivity index (χ1v) is 11.0. The van der Waals surface area contributed by atoms with Crippen molar-refractivity contribution in [1.82, 2.24) is 15.2 Å². The van der Waals surface area contributed by atoms with Crippen molar-refractivity contribution in [3.8, 4) is 11.3 Å². The molecule has 5 rings (SSSR count). The second-order valence-electron chi connectivity index (χ2n) is 7.69. The van der Waals surface area contributed by atoms with Crippen LogP contribution < -0.4 is 10.6 Å². The molecular weight excluding hydrogens is 412 g/mol. The van der Waals surface area contributed by atoms with Crippen LogP contribution in [0.1, 0.15) is 24.0 Å². The van der Waals surface area contributed by atoms with Crippen molar-refractivity contribution in [2.24, 2.45) is 0 Å². The number of aromatic nitrogens is 1. The molecule has 7 nitrogen and oxygen atoms in total. The van der Waals surface area contributed by atoms with Crippen LogP contribution in [0.4, 0.5) is 9.93 Å². The van der Waals surface area contributed by atoms with E-state index in [9.17, 15) is 14.4 Å². The lowest BCUT2D eigenvalue weighted by Gasteiger charge is -2.33. The summed E-state index contributed by atoms with van der Waals surface area (Å²) in [4.78, 5) is 44.0. The second kappa shape index (κ2) is 7.63. The monoisotopic (exact) mass is 432 g/mol. The van der Waals surface area contributed by atoms with E-state index in [0.29, 0.717) is 11.6 Å². The van der Waals surface area contributed by atoms with Crippen molar-refractivity contribution < 1.29 is 14.4 Å². The van der Waals surface area contributed by atoms with Gasteiger partial charge < -0.3 is 10.6 Å². The number of thiazole rings is 1. The number of aryl methyl sites for hydroxylation is 1. The number of rotatable bonds is 4. The lowest BCUT2D eigenvalue weighted by molar-refractivity contribution is -0.134. The summed E-state index contributed by atoms with van der Waals surface area (Å²) in [5, 5.41) is 7.85. The van der Waals surface area contributed by atoms with E-state index in [1.807, 2.05) is 60.0 Å². The Morgan fingerprint density at radius 1 is 1.13 bits per heavy atom. The average molecular weight is 433 g/mol. The van der Waals surface area contributed by atoms with Gasteiger partial charge in [-0.1, -0.05) is 54.6 Å². The molecule has 1 atom stereocenters. The summed E-state index contributed by atoms with van der Waals surface area (Å²) >= 11 is 1.30. The van der Waals surface area contributed by atoms with E-state index in [-0.39, 0.29) is 12.5 Å². The summed E-state index contributed by atoms with van der Waals surface area (Å²) < 4.78 is 0. The Kier molecular flexibility index (Phi) is 4.78. The third-order valence-corrected chi connectivity index (χ3v) is 6.53. The van der Waals surface area contributed by atoms with Crippen LogP contribution in [0.15, 0.2) is 60.0 Å². The maximum atomic E-state index is 13.3. The fourth-order valence-corrected chi connectivity index (χ4v) is 5.07. The van der Waals surface area contributed by atoms with Gasteiger partial charge in [-0.05, 0) is 30.4 Å². The Bertz CT molecular complexity index is 1180. The summed E-state index contributed by atoms with van der Waals surface area (Å²) in [6.07, 6.45) is 2.19. The van der Waals surface area contributed by atoms with Gasteiger partial charge >= 0.3 is 6.03 Å². The number of urea groups is 1. The minimum atomic E-state index is -1.08. The predicted molar refractivity (Wildman–Crippen MR) is 117 cm³/mol. The Morgan fingerprint density at radius 2 is 1.90 bits per heavy atom. The summed E-state index contributed by atoms with van der Waals surface area (Å²) in [5.74, 6) is -0.831. The molecule has 0 radical (unpaired) electrons. The zero-order valence-electron chi connectivity index (χ0n) is 16.6. The Balaban J connectivity index is 1.31. The van der Waals surface area contributed by atoms with E-state index in [2.05, 4.69) is 15.6 Å². The second-order valence-corrected chi connectivity index (χ2v) is 8.55. The molecule has 1 fully saturated rings. The highest BCUT2D eigenvalue weighted by molar-refractivity contribution is 7.14. The molecule has 1 aliphatic carbocycles. The van der Waals surface area contributed by atoms with Gasteiger partial charge in [0.05, 0.1) is 5.69 Å². The molecule has 1 unspecified atom stereocenters. The van der Waals surface area contributed by atoms with Crippen molar-refractivity contribution >= 4 is 34.3 Å². The molecule has 1 spiro atoms. The van der Waals surface area contributed by atoms with Crippen LogP contribution in [-0.2, 0) is 21.5 Å². The molecule has 2 N–H and O–H groups in total. The van der Waals surface area contributed by atoms with Gasteiger partial charge in [0.25, 0.3) is 5.91 Å². The van der Waals surface area contributed by atoms with Crippen LogP contribution in [0.2, 0.25) is 0 Å². The Morgan fingerprint density at radius 3 is 2.74 bits per heavy atom. The standard InChI is InChI=1S/C23H20N4O3S/c28-19(25-21-24-18(14-31-21)16-8-2-1-3-9-16)13-27-20(29)23(26-22(27)30)12-6-10-15-7-4-5-11-17(15)23/h1-5,7-9,11,14H,6,10,12-13H2,(H,26,30)(H,24,25,28). The Labute approximate surface area is 183 Å². The van der Waals surface area contributed by atoms with Gasteiger partial charge in [-0.3, -0.25) is 14.5 Å². The van der Waals surface area contributed by atoms with E-state index in [0.717, 1.165) is 40.1 Å². The van der Waals surface area contributed by atoms with Gasteiger partial charge in [0.1, 0.15) is 12.1 Å². The van der Waals surface area contributed by atoms with Crippen molar-refractivity contribution in [3.05, 3.63) is 71.1 Å². The van der Waals surface area contributed by atoms with E-state index < -0.39 is 17.5 Å². The largest absolute Gasteiger partial charge is 0.325 e. The third-order valence-electron chi connectivity index (χ3n) is 5.77. The highest BCUT2D eigenvalue weighted by Gasteiger charge is 2.54. The minimum absolute atomic E-state index is 0.352. The average Bonchev–Trinajstić information content (AvgIpc) is 3.34. The predicted octanol–water partition coefficient (Wildman–Crippen LogP) is 3.53. The van der Waals surface area contributed by atoms with Crippen molar-refractivity contribution in [3.63, 3.8) is 0 Å². The molecule has 8 heteroatoms. The van der Waals surface area contributed by atoms with Crippen LogP contribution in [0.3, 0.4) is 0 Å². The van der Waals surface area contributed by atoms with E-state index in [1.165, 1.54) is 11.3 Å². The quantitative estimate of drug-likeness (QED) is 0.617. The molecular formula is C23H20N4O3S. The number of hydrogen-bond acceptors (Lipinski definition) is 5. The lowest BCUT2D eigenvalue weighted by atomic mass is 9.76. The molecule has 3 aromatic rings. The summed E-state index contributed by atoms with van der Waals surface area (Å²) in [6.45, 7) is -0.352. The smallest absolute Gasteiger partial charge is 0.319 e. The van der Waals surface area contributed by atoms with Gasteiger partial charge in [0, 0.05) is 10.9 Å². The Hall–Kier alpha value is -3.52. The number of imide groups is 1. The maximum absolute atomic E-state index is 13.3. The zero-order chi connectivity index (χ0) is 21.4. The number of carbonyl (C=O) groups excluding carboxylic acids is 3. The van der Waals surface area contributed by atoms with Crippen molar-refractivity contribution in [2.45, 2.75) is 24.8 Å². The number of nitrogens with one attached hydrogen (secondary N) is 2. The third kappa shape index (κ3) is 3.38. The first-order valence-electron chi connectivity index (χ1n) is 10.1. The first-order chi connectivity index (χ1) is 15.1. The molecule has 4 amide bonds. The molecule has 2 aromatic carbocycles. The lowest BCUT2D eigenvalue weighted by Crippen LogP contribution is -2.47. The molecule has 0 bridgehead atoms. The fourth-order valence-electron chi connectivity index (χ4n) is 4.33. The number of anilines is 1. The summed E-state index contributed by atoms with van der Waals surface area (Å²) in [5.41, 5.74) is 2.52.